The van der Waals surface area contributed by atoms with E-state index >= 15 is 0 Å². The third kappa shape index (κ3) is 10.8. The van der Waals surface area contributed by atoms with Gasteiger partial charge in [-0.1, -0.05) is 0 Å². The van der Waals surface area contributed by atoms with Gasteiger partial charge in [0, 0.05) is 0 Å². The summed E-state index contributed by atoms with van der Waals surface area (Å²) in [4.78, 5) is 6.96. The Hall–Kier alpha value is 0.759. The molecule has 74 valence electrons. The van der Waals surface area contributed by atoms with Crippen LogP contribution in [-0.4, -0.2) is 25.4 Å². The van der Waals surface area contributed by atoms with E-state index in [2.05, 4.69) is 21.7 Å². The van der Waals surface area contributed by atoms with Gasteiger partial charge in [-0.2, -0.15) is 0 Å². The molecule has 0 bridgehead atoms. The van der Waals surface area contributed by atoms with E-state index in [0.29, 0.717) is 0 Å². The Morgan fingerprint density at radius 2 is 1.50 bits per heavy atom. The summed E-state index contributed by atoms with van der Waals surface area (Å²) in [6, 6.07) is 0. The average Bonchev–Trinajstić information content (AvgIpc) is 1.94. The summed E-state index contributed by atoms with van der Waals surface area (Å²) in [5.41, 5.74) is 0. The normalized spacial score (nSPS) is 12.0. The fourth-order valence-corrected chi connectivity index (χ4v) is 3.24. The average molecular weight is 279 g/mol. The Balaban J connectivity index is 3.01. The van der Waals surface area contributed by atoms with Gasteiger partial charge in [0.25, 0.3) is 0 Å². The molecule has 0 aromatic heterocycles. The summed E-state index contributed by atoms with van der Waals surface area (Å²) in [5.74, 6) is 0. The van der Waals surface area contributed by atoms with Crippen LogP contribution >= 0.6 is 0 Å². The molecule has 0 spiro atoms. The van der Waals surface area contributed by atoms with Gasteiger partial charge in [0.2, 0.25) is 0 Å². The van der Waals surface area contributed by atoms with E-state index < -0.39 is 18.8 Å². The van der Waals surface area contributed by atoms with Crippen LogP contribution in [0.5, 0.6) is 0 Å². The molecular weight excluding hydrogens is 255 g/mol. The van der Waals surface area contributed by atoms with Crippen molar-refractivity contribution in [3.05, 3.63) is 0 Å². The zero-order chi connectivity index (χ0) is 9.45. The summed E-state index contributed by atoms with van der Waals surface area (Å²) in [7, 11) is 0. The Bertz CT molecular complexity index is 96.5. The first-order valence-corrected chi connectivity index (χ1v) is 14.9. The molecule has 0 radical (unpaired) electrons. The molecule has 0 N–H and O–H groups in total. The first-order valence-electron chi connectivity index (χ1n) is 5.20. The number of hydrogen-bond acceptors (Lipinski definition) is 1. The Morgan fingerprint density at radius 3 is 2.00 bits per heavy atom. The van der Waals surface area contributed by atoms with Crippen LogP contribution in [0.15, 0.2) is 0 Å². The molecule has 0 fully saturated rings. The zero-order valence-electron chi connectivity index (χ0n) is 9.15. The fourth-order valence-electron chi connectivity index (χ4n) is 1.08. The molecule has 0 heterocycles. The SMILES string of the molecule is CCCCCCC[O][Sn]([CH3])([CH3])[CH3]. The van der Waals surface area contributed by atoms with Crippen molar-refractivity contribution in [1.29, 1.82) is 0 Å². The van der Waals surface area contributed by atoms with Gasteiger partial charge in [-0.3, -0.25) is 0 Å². The molecule has 1 nitrogen and oxygen atoms in total. The standard InChI is InChI=1S/C7H15O.3CH3.Sn/c1-2-3-4-5-6-7-8;;;;/h2-7H2,1H3;3*1H3;/q-1;;;;+1. The molecule has 0 amide bonds. The summed E-state index contributed by atoms with van der Waals surface area (Å²) < 4.78 is 5.82. The fraction of sp³-hybridized carbons (Fsp3) is 1.00. The van der Waals surface area contributed by atoms with Crippen molar-refractivity contribution < 1.29 is 3.07 Å². The van der Waals surface area contributed by atoms with Gasteiger partial charge < -0.3 is 0 Å². The van der Waals surface area contributed by atoms with Crippen LogP contribution in [0, 0.1) is 0 Å². The van der Waals surface area contributed by atoms with Gasteiger partial charge in [0.15, 0.2) is 0 Å². The molecule has 0 rings (SSSR count). The second kappa shape index (κ2) is 7.19. The van der Waals surface area contributed by atoms with Crippen molar-refractivity contribution in [1.82, 2.24) is 0 Å². The van der Waals surface area contributed by atoms with Crippen LogP contribution < -0.4 is 0 Å². The molecule has 0 saturated carbocycles. The predicted octanol–water partition coefficient (Wildman–Crippen LogP) is 3.81. The van der Waals surface area contributed by atoms with Crippen molar-refractivity contribution in [2.24, 2.45) is 0 Å². The van der Waals surface area contributed by atoms with Gasteiger partial charge in [-0.05, 0) is 0 Å². The van der Waals surface area contributed by atoms with Crippen LogP contribution in [0.3, 0.4) is 0 Å². The summed E-state index contributed by atoms with van der Waals surface area (Å²) in [5, 5.41) is 0. The summed E-state index contributed by atoms with van der Waals surface area (Å²) in [6.07, 6.45) is 6.74. The summed E-state index contributed by atoms with van der Waals surface area (Å²) in [6.45, 7) is 3.27. The second-order valence-corrected chi connectivity index (χ2v) is 17.3. The Labute approximate surface area is 82.3 Å². The van der Waals surface area contributed by atoms with Crippen molar-refractivity contribution >= 4 is 18.8 Å². The minimum atomic E-state index is -1.88. The maximum atomic E-state index is 5.82. The van der Waals surface area contributed by atoms with Gasteiger partial charge >= 0.3 is 82.3 Å². The monoisotopic (exact) mass is 280 g/mol. The molecule has 0 atom stereocenters. The van der Waals surface area contributed by atoms with Crippen LogP contribution in [0.1, 0.15) is 39.0 Å². The minimum absolute atomic E-state index is 1.02. The second-order valence-electron chi connectivity index (χ2n) is 4.38. The molecule has 2 heteroatoms. The number of hydrogen-bond donors (Lipinski definition) is 0. The molecule has 0 aliphatic carbocycles. The molecular formula is C10H24OSn. The van der Waals surface area contributed by atoms with Crippen molar-refractivity contribution in [3.63, 3.8) is 0 Å². The van der Waals surface area contributed by atoms with E-state index in [4.69, 9.17) is 3.07 Å². The van der Waals surface area contributed by atoms with Crippen LogP contribution in [-0.2, 0) is 3.07 Å². The van der Waals surface area contributed by atoms with E-state index in [1.807, 2.05) is 0 Å². The number of unbranched alkanes of at least 4 members (excludes halogenated alkanes) is 4. The van der Waals surface area contributed by atoms with Gasteiger partial charge in [0.05, 0.1) is 0 Å². The molecule has 0 saturated heterocycles. The Morgan fingerprint density at radius 1 is 0.917 bits per heavy atom. The summed E-state index contributed by atoms with van der Waals surface area (Å²) >= 11 is -1.88. The van der Waals surface area contributed by atoms with Crippen LogP contribution in [0.4, 0.5) is 0 Å². The molecule has 0 aromatic carbocycles. The molecule has 12 heavy (non-hydrogen) atoms. The molecule has 0 aliphatic heterocycles. The topological polar surface area (TPSA) is 9.23 Å². The first kappa shape index (κ1) is 12.8. The molecule has 0 aliphatic rings. The molecule has 0 unspecified atom stereocenters. The maximum absolute atomic E-state index is 5.82. The van der Waals surface area contributed by atoms with E-state index in [9.17, 15) is 0 Å². The predicted molar refractivity (Wildman–Crippen MR) is 58.1 cm³/mol. The van der Waals surface area contributed by atoms with Crippen LogP contribution in [0.2, 0.25) is 14.8 Å². The number of rotatable bonds is 7. The Kier molecular flexibility index (Phi) is 7.64. The molecule has 0 aromatic rings. The third-order valence-electron chi connectivity index (χ3n) is 1.78. The van der Waals surface area contributed by atoms with Gasteiger partial charge in [0.1, 0.15) is 0 Å². The van der Waals surface area contributed by atoms with E-state index in [1.54, 1.807) is 0 Å². The third-order valence-corrected chi connectivity index (χ3v) is 4.84. The van der Waals surface area contributed by atoms with Gasteiger partial charge in [-0.25, -0.2) is 0 Å². The quantitative estimate of drug-likeness (QED) is 0.508. The first-order chi connectivity index (χ1) is 5.56. The van der Waals surface area contributed by atoms with Crippen molar-refractivity contribution in [3.8, 4) is 0 Å². The zero-order valence-corrected chi connectivity index (χ0v) is 12.0. The van der Waals surface area contributed by atoms with Gasteiger partial charge in [-0.15, -0.1) is 0 Å². The van der Waals surface area contributed by atoms with Crippen LogP contribution in [0.25, 0.3) is 0 Å². The van der Waals surface area contributed by atoms with Crippen molar-refractivity contribution in [2.75, 3.05) is 6.61 Å². The van der Waals surface area contributed by atoms with Crippen molar-refractivity contribution in [2.45, 2.75) is 53.8 Å². The van der Waals surface area contributed by atoms with E-state index in [1.165, 1.54) is 32.1 Å². The van der Waals surface area contributed by atoms with E-state index in [-0.39, 0.29) is 0 Å². The van der Waals surface area contributed by atoms with E-state index in [0.717, 1.165) is 6.61 Å².